The monoisotopic (exact) mass is 241 g/mol. The van der Waals surface area contributed by atoms with Gasteiger partial charge in [-0.3, -0.25) is 0 Å². The lowest BCUT2D eigenvalue weighted by atomic mass is 10.3. The van der Waals surface area contributed by atoms with E-state index in [-0.39, 0.29) is 0 Å². The van der Waals surface area contributed by atoms with Gasteiger partial charge in [-0.2, -0.15) is 13.2 Å². The molecule has 0 saturated carbocycles. The lowest BCUT2D eigenvalue weighted by molar-refractivity contribution is -0.139. The Morgan fingerprint density at radius 3 is 2.67 bits per heavy atom. The number of alkyl halides is 3. The van der Waals surface area contributed by atoms with Crippen LogP contribution in [0.15, 0.2) is 22.8 Å². The van der Waals surface area contributed by atoms with E-state index in [4.69, 9.17) is 0 Å². The van der Waals surface area contributed by atoms with Crippen molar-refractivity contribution in [3.05, 3.63) is 22.8 Å². The van der Waals surface area contributed by atoms with Gasteiger partial charge in [0.25, 0.3) is 0 Å². The Morgan fingerprint density at radius 1 is 1.50 bits per heavy atom. The molecule has 0 atom stereocenters. The summed E-state index contributed by atoms with van der Waals surface area (Å²) in [4.78, 5) is 1.20. The van der Waals surface area contributed by atoms with Crippen LogP contribution in [0, 0.1) is 0 Å². The molecule has 0 aromatic rings. The van der Waals surface area contributed by atoms with Gasteiger partial charge in [0, 0.05) is 17.2 Å². The maximum Gasteiger partial charge on any atom is 0.405 e. The summed E-state index contributed by atoms with van der Waals surface area (Å²) in [7, 11) is 0. The van der Waals surface area contributed by atoms with Gasteiger partial charge in [-0.1, -0.05) is 6.08 Å². The average molecular weight is 242 g/mol. The van der Waals surface area contributed by atoms with Crippen molar-refractivity contribution in [1.82, 2.24) is 4.90 Å². The van der Waals surface area contributed by atoms with Crippen molar-refractivity contribution in [1.29, 1.82) is 0 Å². The van der Waals surface area contributed by atoms with Gasteiger partial charge in [0.1, 0.15) is 6.54 Å². The zero-order valence-corrected chi connectivity index (χ0v) is 7.69. The predicted molar refractivity (Wildman–Crippen MR) is 43.8 cm³/mol. The maximum absolute atomic E-state index is 11.9. The van der Waals surface area contributed by atoms with E-state index >= 15 is 0 Å². The van der Waals surface area contributed by atoms with E-state index in [0.717, 1.165) is 0 Å². The van der Waals surface area contributed by atoms with Gasteiger partial charge in [0.15, 0.2) is 0 Å². The molecule has 0 bridgehead atoms. The second-order valence-corrected chi connectivity index (χ2v) is 3.38. The second kappa shape index (κ2) is 3.51. The van der Waals surface area contributed by atoms with Crippen LogP contribution in [0.25, 0.3) is 0 Å². The highest BCUT2D eigenvalue weighted by Gasteiger charge is 2.29. The smallest absolute Gasteiger partial charge is 0.364 e. The van der Waals surface area contributed by atoms with E-state index < -0.39 is 12.7 Å². The molecule has 68 valence electrons. The van der Waals surface area contributed by atoms with E-state index in [1.54, 1.807) is 12.2 Å². The second-order valence-electron chi connectivity index (χ2n) is 2.46. The number of allylic oxidation sites excluding steroid dienone is 2. The Labute approximate surface area is 76.7 Å². The van der Waals surface area contributed by atoms with Gasteiger partial charge in [0.05, 0.1) is 0 Å². The summed E-state index contributed by atoms with van der Waals surface area (Å²) in [6.07, 6.45) is 0.713. The van der Waals surface area contributed by atoms with Gasteiger partial charge in [0.2, 0.25) is 0 Å². The largest absolute Gasteiger partial charge is 0.405 e. The molecule has 0 amide bonds. The fourth-order valence-electron chi connectivity index (χ4n) is 0.911. The predicted octanol–water partition coefficient (Wildman–Crippen LogP) is 2.66. The quantitative estimate of drug-likeness (QED) is 0.683. The van der Waals surface area contributed by atoms with E-state index in [0.29, 0.717) is 11.0 Å². The van der Waals surface area contributed by atoms with Crippen molar-refractivity contribution >= 4 is 15.9 Å². The molecule has 0 radical (unpaired) electrons. The minimum absolute atomic E-state index is 0.314. The Morgan fingerprint density at radius 2 is 2.17 bits per heavy atom. The summed E-state index contributed by atoms with van der Waals surface area (Å²) in [5, 5.41) is 0. The Bertz CT molecular complexity index is 219. The summed E-state index contributed by atoms with van der Waals surface area (Å²) in [5.74, 6) is 0. The molecule has 0 fully saturated rings. The molecule has 0 unspecified atom stereocenters. The molecular weight excluding hydrogens is 235 g/mol. The van der Waals surface area contributed by atoms with Crippen LogP contribution < -0.4 is 0 Å². The topological polar surface area (TPSA) is 3.24 Å². The van der Waals surface area contributed by atoms with Crippen LogP contribution in [0.1, 0.15) is 0 Å². The maximum atomic E-state index is 11.9. The standard InChI is InChI=1S/C7H7BrF3N/c8-6-2-1-3-12(4-6)5-7(9,10)11/h1-2,4H,3,5H2. The number of halogens is 4. The number of nitrogens with zero attached hydrogens (tertiary/aromatic N) is 1. The van der Waals surface area contributed by atoms with E-state index in [1.807, 2.05) is 0 Å². The Kier molecular flexibility index (Phi) is 2.82. The molecule has 5 heteroatoms. The van der Waals surface area contributed by atoms with Crippen molar-refractivity contribution in [2.45, 2.75) is 6.18 Å². The lowest BCUT2D eigenvalue weighted by Gasteiger charge is -2.22. The number of rotatable bonds is 1. The molecule has 1 rings (SSSR count). The van der Waals surface area contributed by atoms with Crippen LogP contribution in [0.5, 0.6) is 0 Å². The van der Waals surface area contributed by atoms with Crippen molar-refractivity contribution in [2.24, 2.45) is 0 Å². The van der Waals surface area contributed by atoms with E-state index in [2.05, 4.69) is 15.9 Å². The van der Waals surface area contributed by atoms with Crippen LogP contribution in [0.3, 0.4) is 0 Å². The molecule has 12 heavy (non-hydrogen) atoms. The van der Waals surface area contributed by atoms with Crippen molar-refractivity contribution in [2.75, 3.05) is 13.1 Å². The normalized spacial score (nSPS) is 18.0. The molecule has 0 aromatic heterocycles. The molecule has 0 saturated heterocycles. The van der Waals surface area contributed by atoms with Gasteiger partial charge in [-0.25, -0.2) is 0 Å². The zero-order valence-electron chi connectivity index (χ0n) is 6.11. The van der Waals surface area contributed by atoms with Gasteiger partial charge in [-0.05, 0) is 22.0 Å². The molecule has 0 aliphatic carbocycles. The van der Waals surface area contributed by atoms with Gasteiger partial charge < -0.3 is 4.90 Å². The highest BCUT2D eigenvalue weighted by Crippen LogP contribution is 2.20. The first-order valence-electron chi connectivity index (χ1n) is 3.32. The number of hydrogen-bond acceptors (Lipinski definition) is 1. The first kappa shape index (κ1) is 9.64. The van der Waals surface area contributed by atoms with Crippen molar-refractivity contribution in [3.8, 4) is 0 Å². The van der Waals surface area contributed by atoms with Crippen molar-refractivity contribution in [3.63, 3.8) is 0 Å². The molecule has 1 heterocycles. The third-order valence-corrected chi connectivity index (χ3v) is 1.77. The summed E-state index contributed by atoms with van der Waals surface area (Å²) in [6.45, 7) is -0.582. The summed E-state index contributed by atoms with van der Waals surface area (Å²) < 4.78 is 36.2. The molecule has 0 spiro atoms. The third-order valence-electron chi connectivity index (χ3n) is 1.31. The van der Waals surface area contributed by atoms with Crippen LogP contribution in [0.4, 0.5) is 13.2 Å². The molecule has 0 aromatic carbocycles. The minimum atomic E-state index is -4.13. The zero-order chi connectivity index (χ0) is 9.19. The van der Waals surface area contributed by atoms with Crippen LogP contribution >= 0.6 is 15.9 Å². The first-order chi connectivity index (χ1) is 5.47. The Hall–Kier alpha value is -0.450. The molecular formula is C7H7BrF3N. The highest BCUT2D eigenvalue weighted by molar-refractivity contribution is 9.11. The summed E-state index contributed by atoms with van der Waals surface area (Å²) >= 11 is 3.10. The molecule has 1 aliphatic rings. The van der Waals surface area contributed by atoms with Crippen molar-refractivity contribution < 1.29 is 13.2 Å². The summed E-state index contributed by atoms with van der Waals surface area (Å²) in [5.41, 5.74) is 0. The van der Waals surface area contributed by atoms with Crippen LogP contribution in [-0.2, 0) is 0 Å². The number of hydrogen-bond donors (Lipinski definition) is 0. The fourth-order valence-corrected chi connectivity index (χ4v) is 1.39. The van der Waals surface area contributed by atoms with Gasteiger partial charge in [-0.15, -0.1) is 0 Å². The van der Waals surface area contributed by atoms with Crippen LogP contribution in [0.2, 0.25) is 0 Å². The third kappa shape index (κ3) is 3.30. The fraction of sp³-hybridized carbons (Fsp3) is 0.429. The van der Waals surface area contributed by atoms with Gasteiger partial charge >= 0.3 is 6.18 Å². The SMILES string of the molecule is FC(F)(F)CN1C=C(Br)C=CC1. The molecule has 1 aliphatic heterocycles. The minimum Gasteiger partial charge on any atom is -0.364 e. The highest BCUT2D eigenvalue weighted by atomic mass is 79.9. The lowest BCUT2D eigenvalue weighted by Crippen LogP contribution is -2.31. The molecule has 1 nitrogen and oxygen atoms in total. The average Bonchev–Trinajstić information content (AvgIpc) is 1.82. The Balaban J connectivity index is 2.51. The summed E-state index contributed by atoms with van der Waals surface area (Å²) in [6, 6.07) is 0. The van der Waals surface area contributed by atoms with E-state index in [1.165, 1.54) is 11.1 Å². The van der Waals surface area contributed by atoms with Crippen LogP contribution in [-0.4, -0.2) is 24.2 Å². The molecule has 0 N–H and O–H groups in total. The van der Waals surface area contributed by atoms with E-state index in [9.17, 15) is 13.2 Å². The first-order valence-corrected chi connectivity index (χ1v) is 4.11.